The third-order valence-electron chi connectivity index (χ3n) is 3.63. The Labute approximate surface area is 100 Å². The van der Waals surface area contributed by atoms with Crippen molar-refractivity contribution in [2.45, 2.75) is 25.9 Å². The van der Waals surface area contributed by atoms with Gasteiger partial charge in [0.15, 0.2) is 0 Å². The fraction of sp³-hybridized carbons (Fsp3) is 0.667. The molecule has 16 heavy (non-hydrogen) atoms. The van der Waals surface area contributed by atoms with Gasteiger partial charge in [-0.15, -0.1) is 11.3 Å². The summed E-state index contributed by atoms with van der Waals surface area (Å²) in [6.07, 6.45) is 1.26. The summed E-state index contributed by atoms with van der Waals surface area (Å²) in [4.78, 5) is 1.06. The Morgan fingerprint density at radius 3 is 2.75 bits per heavy atom. The number of nitrogens with two attached hydrogens (primary N) is 1. The zero-order chi connectivity index (χ0) is 11.6. The van der Waals surface area contributed by atoms with Crippen LogP contribution in [0.5, 0.6) is 0 Å². The first-order valence-corrected chi connectivity index (χ1v) is 6.57. The summed E-state index contributed by atoms with van der Waals surface area (Å²) in [6, 6.07) is 2.05. The van der Waals surface area contributed by atoms with Crippen molar-refractivity contribution in [1.29, 1.82) is 0 Å². The third kappa shape index (κ3) is 2.02. The standard InChI is InChI=1S/C12H19NO2S/c1-9-2-7-16-10(9)11(14)12(8-13)3-5-15-6-4-12/h2,7,11,14H,3-6,8,13H2,1H3. The van der Waals surface area contributed by atoms with E-state index in [4.69, 9.17) is 10.5 Å². The molecule has 1 aromatic rings. The van der Waals surface area contributed by atoms with Crippen molar-refractivity contribution in [2.75, 3.05) is 19.8 Å². The number of hydrogen-bond acceptors (Lipinski definition) is 4. The third-order valence-corrected chi connectivity index (χ3v) is 4.70. The monoisotopic (exact) mass is 241 g/mol. The molecule has 2 rings (SSSR count). The summed E-state index contributed by atoms with van der Waals surface area (Å²) in [5.41, 5.74) is 6.86. The van der Waals surface area contributed by atoms with E-state index >= 15 is 0 Å². The topological polar surface area (TPSA) is 55.5 Å². The molecule has 2 heterocycles. The zero-order valence-electron chi connectivity index (χ0n) is 9.61. The second-order valence-electron chi connectivity index (χ2n) is 4.55. The number of aliphatic hydroxyl groups is 1. The first-order valence-electron chi connectivity index (χ1n) is 5.69. The highest BCUT2D eigenvalue weighted by Gasteiger charge is 2.40. The summed E-state index contributed by atoms with van der Waals surface area (Å²) in [5.74, 6) is 0. The van der Waals surface area contributed by atoms with Crippen LogP contribution in [0.4, 0.5) is 0 Å². The van der Waals surface area contributed by atoms with E-state index in [1.807, 2.05) is 18.4 Å². The van der Waals surface area contributed by atoms with Gasteiger partial charge in [0.05, 0.1) is 6.10 Å². The van der Waals surface area contributed by atoms with Crippen LogP contribution in [0.15, 0.2) is 11.4 Å². The molecule has 1 fully saturated rings. The van der Waals surface area contributed by atoms with Crippen LogP contribution in [0, 0.1) is 12.3 Å². The molecule has 0 bridgehead atoms. The number of rotatable bonds is 3. The van der Waals surface area contributed by atoms with Crippen molar-refractivity contribution in [3.8, 4) is 0 Å². The first-order chi connectivity index (χ1) is 7.69. The van der Waals surface area contributed by atoms with Crippen LogP contribution >= 0.6 is 11.3 Å². The Kier molecular flexibility index (Phi) is 3.64. The van der Waals surface area contributed by atoms with E-state index in [0.717, 1.165) is 23.3 Å². The average Bonchev–Trinajstić information content (AvgIpc) is 2.75. The summed E-state index contributed by atoms with van der Waals surface area (Å²) in [6.45, 7) is 3.98. The van der Waals surface area contributed by atoms with Crippen LogP contribution in [0.1, 0.15) is 29.4 Å². The number of aliphatic hydroxyl groups excluding tert-OH is 1. The Morgan fingerprint density at radius 2 is 2.25 bits per heavy atom. The lowest BCUT2D eigenvalue weighted by molar-refractivity contribution is -0.0569. The summed E-state index contributed by atoms with van der Waals surface area (Å²) in [5, 5.41) is 12.6. The van der Waals surface area contributed by atoms with Crippen LogP contribution < -0.4 is 5.73 Å². The minimum atomic E-state index is -0.443. The normalized spacial score (nSPS) is 21.9. The van der Waals surface area contributed by atoms with Gasteiger partial charge in [-0.25, -0.2) is 0 Å². The second kappa shape index (κ2) is 4.84. The molecule has 0 aliphatic carbocycles. The lowest BCUT2D eigenvalue weighted by Crippen LogP contribution is -2.41. The maximum absolute atomic E-state index is 10.5. The van der Waals surface area contributed by atoms with Crippen LogP contribution in [0.3, 0.4) is 0 Å². The average molecular weight is 241 g/mol. The smallest absolute Gasteiger partial charge is 0.0954 e. The number of ether oxygens (including phenoxy) is 1. The molecule has 0 saturated carbocycles. The molecule has 4 heteroatoms. The molecular formula is C12H19NO2S. The molecule has 1 unspecified atom stereocenters. The minimum absolute atomic E-state index is 0.187. The summed E-state index contributed by atoms with van der Waals surface area (Å²) in [7, 11) is 0. The van der Waals surface area contributed by atoms with Crippen molar-refractivity contribution in [3.05, 3.63) is 21.9 Å². The number of thiophene rings is 1. The molecule has 0 aromatic carbocycles. The quantitative estimate of drug-likeness (QED) is 0.849. The molecule has 90 valence electrons. The largest absolute Gasteiger partial charge is 0.387 e. The van der Waals surface area contributed by atoms with Gasteiger partial charge in [0, 0.05) is 30.1 Å². The highest BCUT2D eigenvalue weighted by molar-refractivity contribution is 7.10. The Bertz CT molecular complexity index is 345. The predicted molar refractivity (Wildman–Crippen MR) is 65.6 cm³/mol. The zero-order valence-corrected chi connectivity index (χ0v) is 10.4. The molecule has 1 aromatic heterocycles. The molecule has 3 N–H and O–H groups in total. The van der Waals surface area contributed by atoms with Crippen molar-refractivity contribution in [2.24, 2.45) is 11.1 Å². The van der Waals surface area contributed by atoms with E-state index < -0.39 is 6.10 Å². The second-order valence-corrected chi connectivity index (χ2v) is 5.50. The van der Waals surface area contributed by atoms with Crippen LogP contribution in [-0.4, -0.2) is 24.9 Å². The molecule has 1 aliphatic rings. The lowest BCUT2D eigenvalue weighted by Gasteiger charge is -2.40. The van der Waals surface area contributed by atoms with Crippen molar-refractivity contribution < 1.29 is 9.84 Å². The highest BCUT2D eigenvalue weighted by Crippen LogP contribution is 2.44. The Balaban J connectivity index is 2.24. The molecule has 1 atom stereocenters. The molecule has 3 nitrogen and oxygen atoms in total. The van der Waals surface area contributed by atoms with Gasteiger partial charge in [0.25, 0.3) is 0 Å². The summed E-state index contributed by atoms with van der Waals surface area (Å²) < 4.78 is 5.36. The van der Waals surface area contributed by atoms with Gasteiger partial charge in [-0.1, -0.05) is 0 Å². The van der Waals surface area contributed by atoms with E-state index in [2.05, 4.69) is 0 Å². The van der Waals surface area contributed by atoms with Crippen LogP contribution in [-0.2, 0) is 4.74 Å². The van der Waals surface area contributed by atoms with Crippen molar-refractivity contribution in [3.63, 3.8) is 0 Å². The van der Waals surface area contributed by atoms with Gasteiger partial charge in [0.1, 0.15) is 0 Å². The van der Waals surface area contributed by atoms with Gasteiger partial charge in [0.2, 0.25) is 0 Å². The highest BCUT2D eigenvalue weighted by atomic mass is 32.1. The predicted octanol–water partition coefficient (Wildman–Crippen LogP) is 1.85. The maximum Gasteiger partial charge on any atom is 0.0954 e. The van der Waals surface area contributed by atoms with Gasteiger partial charge in [-0.05, 0) is 36.8 Å². The van der Waals surface area contributed by atoms with Gasteiger partial charge < -0.3 is 15.6 Å². The maximum atomic E-state index is 10.5. The van der Waals surface area contributed by atoms with Crippen molar-refractivity contribution in [1.82, 2.24) is 0 Å². The molecule has 1 saturated heterocycles. The van der Waals surface area contributed by atoms with E-state index in [0.29, 0.717) is 19.8 Å². The van der Waals surface area contributed by atoms with Gasteiger partial charge >= 0.3 is 0 Å². The molecule has 0 amide bonds. The van der Waals surface area contributed by atoms with Crippen molar-refractivity contribution >= 4 is 11.3 Å². The molecular weight excluding hydrogens is 222 g/mol. The summed E-state index contributed by atoms with van der Waals surface area (Å²) >= 11 is 1.62. The first kappa shape index (κ1) is 12.0. The van der Waals surface area contributed by atoms with Crippen LogP contribution in [0.2, 0.25) is 0 Å². The fourth-order valence-electron chi connectivity index (χ4n) is 2.31. The van der Waals surface area contributed by atoms with E-state index in [1.54, 1.807) is 11.3 Å². The molecule has 0 radical (unpaired) electrons. The Hall–Kier alpha value is -0.420. The van der Waals surface area contributed by atoms with E-state index in [1.165, 1.54) is 0 Å². The number of aryl methyl sites for hydroxylation is 1. The molecule has 1 aliphatic heterocycles. The fourth-order valence-corrected chi connectivity index (χ4v) is 3.36. The van der Waals surface area contributed by atoms with E-state index in [-0.39, 0.29) is 5.41 Å². The SMILES string of the molecule is Cc1ccsc1C(O)C1(CN)CCOCC1. The van der Waals surface area contributed by atoms with E-state index in [9.17, 15) is 5.11 Å². The minimum Gasteiger partial charge on any atom is -0.387 e. The van der Waals surface area contributed by atoms with Gasteiger partial charge in [-0.2, -0.15) is 0 Å². The lowest BCUT2D eigenvalue weighted by atomic mass is 9.74. The number of hydrogen-bond donors (Lipinski definition) is 2. The Morgan fingerprint density at radius 1 is 1.56 bits per heavy atom. The molecule has 0 spiro atoms. The van der Waals surface area contributed by atoms with Gasteiger partial charge in [-0.3, -0.25) is 0 Å². The van der Waals surface area contributed by atoms with Crippen LogP contribution in [0.25, 0.3) is 0 Å².